The lowest BCUT2D eigenvalue weighted by Gasteiger charge is -2.10. The van der Waals surface area contributed by atoms with E-state index >= 15 is 0 Å². The molecule has 0 aliphatic rings. The molecule has 0 unspecified atom stereocenters. The number of carbonyl (C=O) groups excluding carboxylic acids is 1. The van der Waals surface area contributed by atoms with E-state index in [0.717, 1.165) is 5.56 Å². The van der Waals surface area contributed by atoms with Crippen molar-refractivity contribution in [1.82, 2.24) is 15.4 Å². The number of nitrogens with one attached hydrogen (secondary N) is 1. The third-order valence-corrected chi connectivity index (χ3v) is 5.79. The van der Waals surface area contributed by atoms with Gasteiger partial charge < -0.3 is 9.47 Å². The van der Waals surface area contributed by atoms with Crippen LogP contribution < -0.4 is 14.9 Å². The van der Waals surface area contributed by atoms with Gasteiger partial charge in [-0.25, -0.2) is 15.4 Å². The van der Waals surface area contributed by atoms with Crippen LogP contribution in [0.25, 0.3) is 0 Å². The number of thioether (sulfide) groups is 1. The molecule has 0 atom stereocenters. The smallest absolute Gasteiger partial charge is 0.271 e. The molecule has 30 heavy (non-hydrogen) atoms. The second-order valence-corrected chi connectivity index (χ2v) is 7.65. The van der Waals surface area contributed by atoms with Crippen molar-refractivity contribution in [2.75, 3.05) is 14.2 Å². The number of benzene rings is 2. The number of hydrazone groups is 1. The number of amides is 1. The lowest BCUT2D eigenvalue weighted by molar-refractivity contribution is 0.0955. The zero-order valence-electron chi connectivity index (χ0n) is 16.3. The first-order chi connectivity index (χ1) is 14.6. The van der Waals surface area contributed by atoms with Crippen molar-refractivity contribution in [1.29, 1.82) is 0 Å². The monoisotopic (exact) mass is 486 g/mol. The summed E-state index contributed by atoms with van der Waals surface area (Å²) in [5.74, 6) is 1.64. The quantitative estimate of drug-likeness (QED) is 0.221. The van der Waals surface area contributed by atoms with Crippen LogP contribution in [0.2, 0.25) is 0 Å². The van der Waals surface area contributed by atoms with Gasteiger partial charge in [0.05, 0.1) is 30.5 Å². The summed E-state index contributed by atoms with van der Waals surface area (Å²) in [6.45, 7) is 0. The van der Waals surface area contributed by atoms with Gasteiger partial charge in [0.15, 0.2) is 5.16 Å². The second-order valence-electron chi connectivity index (χ2n) is 5.91. The number of methoxy groups -OCH3 is 2. The van der Waals surface area contributed by atoms with E-state index in [2.05, 4.69) is 36.4 Å². The molecule has 7 nitrogen and oxygen atoms in total. The van der Waals surface area contributed by atoms with Gasteiger partial charge in [-0.1, -0.05) is 23.9 Å². The van der Waals surface area contributed by atoms with E-state index in [4.69, 9.17) is 9.47 Å². The molecule has 0 aliphatic carbocycles. The maximum absolute atomic E-state index is 12.4. The highest BCUT2D eigenvalue weighted by Crippen LogP contribution is 2.33. The molecule has 2 aromatic carbocycles. The van der Waals surface area contributed by atoms with Crippen molar-refractivity contribution in [3.05, 3.63) is 76.0 Å². The summed E-state index contributed by atoms with van der Waals surface area (Å²) in [5.41, 5.74) is 4.76. The third kappa shape index (κ3) is 5.58. The number of rotatable bonds is 8. The molecule has 154 valence electrons. The molecule has 0 aliphatic heterocycles. The Kier molecular flexibility index (Phi) is 7.81. The Hall–Kier alpha value is -2.91. The summed E-state index contributed by atoms with van der Waals surface area (Å²) < 4.78 is 11.3. The standard InChI is InChI=1S/C21H19BrN4O3S/c1-28-17-8-9-18(29-2)19(22)16(17)12-25-26-20(27)15-6-4-14(5-7-15)13-30-21-23-10-3-11-24-21/h3-12H,13H2,1-2H3,(H,26,27). The van der Waals surface area contributed by atoms with Gasteiger partial charge in [-0.15, -0.1) is 0 Å². The first-order valence-corrected chi connectivity index (χ1v) is 10.6. The summed E-state index contributed by atoms with van der Waals surface area (Å²) in [7, 11) is 3.14. The maximum atomic E-state index is 12.4. The van der Waals surface area contributed by atoms with Crippen molar-refractivity contribution < 1.29 is 14.3 Å². The van der Waals surface area contributed by atoms with E-state index < -0.39 is 0 Å². The number of carbonyl (C=O) groups is 1. The van der Waals surface area contributed by atoms with Crippen molar-refractivity contribution in [3.8, 4) is 11.5 Å². The Bertz CT molecular complexity index is 1030. The van der Waals surface area contributed by atoms with Gasteiger partial charge in [0.25, 0.3) is 5.91 Å². The fraction of sp³-hybridized carbons (Fsp3) is 0.143. The second kappa shape index (κ2) is 10.7. The number of aromatic nitrogens is 2. The summed E-state index contributed by atoms with van der Waals surface area (Å²) >= 11 is 5.00. The lowest BCUT2D eigenvalue weighted by Crippen LogP contribution is -2.17. The van der Waals surface area contributed by atoms with E-state index in [0.29, 0.717) is 38.0 Å². The van der Waals surface area contributed by atoms with Gasteiger partial charge in [-0.05, 0) is 51.8 Å². The minimum absolute atomic E-state index is 0.310. The molecule has 1 N–H and O–H groups in total. The summed E-state index contributed by atoms with van der Waals surface area (Å²) in [6.07, 6.45) is 4.93. The van der Waals surface area contributed by atoms with Crippen LogP contribution in [-0.2, 0) is 5.75 Å². The zero-order chi connectivity index (χ0) is 21.3. The van der Waals surface area contributed by atoms with Crippen molar-refractivity contribution in [2.24, 2.45) is 5.10 Å². The van der Waals surface area contributed by atoms with E-state index in [1.165, 1.54) is 18.0 Å². The van der Waals surface area contributed by atoms with E-state index in [1.54, 1.807) is 56.9 Å². The number of ether oxygens (including phenoxy) is 2. The Morgan fingerprint density at radius 3 is 2.43 bits per heavy atom. The largest absolute Gasteiger partial charge is 0.496 e. The number of hydrogen-bond donors (Lipinski definition) is 1. The van der Waals surface area contributed by atoms with Crippen LogP contribution in [0, 0.1) is 0 Å². The topological polar surface area (TPSA) is 85.7 Å². The number of hydrogen-bond acceptors (Lipinski definition) is 7. The first kappa shape index (κ1) is 21.8. The molecule has 1 heterocycles. The molecule has 0 bridgehead atoms. The van der Waals surface area contributed by atoms with Gasteiger partial charge in [-0.2, -0.15) is 5.10 Å². The Balaban J connectivity index is 1.61. The number of halogens is 1. The molecule has 0 radical (unpaired) electrons. The van der Waals surface area contributed by atoms with Gasteiger partial charge >= 0.3 is 0 Å². The van der Waals surface area contributed by atoms with Gasteiger partial charge in [-0.3, -0.25) is 4.79 Å². The van der Waals surface area contributed by atoms with Crippen LogP contribution in [0.4, 0.5) is 0 Å². The minimum Gasteiger partial charge on any atom is -0.496 e. The number of nitrogens with zero attached hydrogens (tertiary/aromatic N) is 3. The first-order valence-electron chi connectivity index (χ1n) is 8.85. The van der Waals surface area contributed by atoms with Gasteiger partial charge in [0, 0.05) is 23.7 Å². The molecule has 0 saturated carbocycles. The highest BCUT2D eigenvalue weighted by molar-refractivity contribution is 9.10. The van der Waals surface area contributed by atoms with Crippen LogP contribution in [0.1, 0.15) is 21.5 Å². The minimum atomic E-state index is -0.310. The average Bonchev–Trinajstić information content (AvgIpc) is 2.79. The molecule has 0 saturated heterocycles. The van der Waals surface area contributed by atoms with Gasteiger partial charge in [0.1, 0.15) is 11.5 Å². The Labute approximate surface area is 187 Å². The van der Waals surface area contributed by atoms with Crippen LogP contribution in [-0.4, -0.2) is 36.3 Å². The highest BCUT2D eigenvalue weighted by atomic mass is 79.9. The van der Waals surface area contributed by atoms with E-state index in [9.17, 15) is 4.79 Å². The molecule has 1 aromatic heterocycles. The summed E-state index contributed by atoms with van der Waals surface area (Å²) in [5, 5.41) is 4.77. The van der Waals surface area contributed by atoms with Crippen LogP contribution in [0.5, 0.6) is 11.5 Å². The van der Waals surface area contributed by atoms with E-state index in [1.807, 2.05) is 12.1 Å². The Morgan fingerprint density at radius 2 is 1.77 bits per heavy atom. The molecule has 0 spiro atoms. The van der Waals surface area contributed by atoms with Crippen LogP contribution in [0.3, 0.4) is 0 Å². The summed E-state index contributed by atoms with van der Waals surface area (Å²) in [6, 6.07) is 12.6. The predicted octanol–water partition coefficient (Wildman–Crippen LogP) is 4.31. The SMILES string of the molecule is COc1ccc(OC)c(C=NNC(=O)c2ccc(CSc3ncccn3)cc2)c1Br. The van der Waals surface area contributed by atoms with E-state index in [-0.39, 0.29) is 5.91 Å². The molecule has 3 rings (SSSR count). The Morgan fingerprint density at radius 1 is 1.10 bits per heavy atom. The fourth-order valence-electron chi connectivity index (χ4n) is 2.49. The van der Waals surface area contributed by atoms with Crippen LogP contribution in [0.15, 0.2) is 69.6 Å². The van der Waals surface area contributed by atoms with Crippen molar-refractivity contribution in [3.63, 3.8) is 0 Å². The third-order valence-electron chi connectivity index (χ3n) is 4.03. The fourth-order valence-corrected chi connectivity index (χ4v) is 3.84. The molecular weight excluding hydrogens is 468 g/mol. The van der Waals surface area contributed by atoms with Crippen molar-refractivity contribution in [2.45, 2.75) is 10.9 Å². The average molecular weight is 487 g/mol. The normalized spacial score (nSPS) is 10.8. The maximum Gasteiger partial charge on any atom is 0.271 e. The zero-order valence-corrected chi connectivity index (χ0v) is 18.7. The molecule has 3 aromatic rings. The molecule has 1 amide bonds. The molecular formula is C21H19BrN4O3S. The lowest BCUT2D eigenvalue weighted by atomic mass is 10.1. The van der Waals surface area contributed by atoms with Crippen LogP contribution >= 0.6 is 27.7 Å². The predicted molar refractivity (Wildman–Crippen MR) is 120 cm³/mol. The molecule has 0 fully saturated rings. The highest BCUT2D eigenvalue weighted by Gasteiger charge is 2.11. The van der Waals surface area contributed by atoms with Gasteiger partial charge in [0.2, 0.25) is 0 Å². The molecule has 9 heteroatoms. The van der Waals surface area contributed by atoms with Crippen molar-refractivity contribution >= 4 is 39.8 Å². The summed E-state index contributed by atoms with van der Waals surface area (Å²) in [4.78, 5) is 20.7.